The highest BCUT2D eigenvalue weighted by molar-refractivity contribution is 6.30. The zero-order valence-electron chi connectivity index (χ0n) is 10.0. The molecule has 0 spiro atoms. The summed E-state index contributed by atoms with van der Waals surface area (Å²) in [6.07, 6.45) is 6.42. The molecule has 1 N–H and O–H groups in total. The number of nitrogens with one attached hydrogen (secondary N) is 1. The van der Waals surface area contributed by atoms with Crippen molar-refractivity contribution < 1.29 is 0 Å². The monoisotopic (exact) mass is 272 g/mol. The van der Waals surface area contributed by atoms with Gasteiger partial charge in [0.25, 0.3) is 0 Å². The molecule has 1 aromatic rings. The Morgan fingerprint density at radius 1 is 1.53 bits per heavy atom. The first kappa shape index (κ1) is 13.0. The number of halogens is 2. The van der Waals surface area contributed by atoms with Crippen molar-refractivity contribution in [2.24, 2.45) is 5.92 Å². The second kappa shape index (κ2) is 5.45. The molecule has 2 rings (SSSR count). The van der Waals surface area contributed by atoms with Crippen LogP contribution in [0.3, 0.4) is 0 Å². The Hall–Kier alpha value is -0.470. The Morgan fingerprint density at radius 2 is 2.35 bits per heavy atom. The van der Waals surface area contributed by atoms with Crippen LogP contribution in [0, 0.1) is 5.92 Å². The summed E-state index contributed by atoms with van der Waals surface area (Å²) in [5.74, 6) is 2.22. The van der Waals surface area contributed by atoms with Gasteiger partial charge in [0, 0.05) is 12.1 Å². The Labute approximate surface area is 113 Å². The van der Waals surface area contributed by atoms with Crippen LogP contribution in [0.4, 0.5) is 5.82 Å². The molecule has 2 unspecified atom stereocenters. The summed E-state index contributed by atoms with van der Waals surface area (Å²) in [7, 11) is 0. The van der Waals surface area contributed by atoms with Crippen molar-refractivity contribution in [3.63, 3.8) is 0 Å². The van der Waals surface area contributed by atoms with E-state index in [1.54, 1.807) is 6.20 Å². The van der Waals surface area contributed by atoms with Crippen molar-refractivity contribution >= 4 is 29.0 Å². The third-order valence-corrected chi connectivity index (χ3v) is 4.20. The van der Waals surface area contributed by atoms with Gasteiger partial charge in [-0.15, -0.1) is 11.6 Å². The van der Waals surface area contributed by atoms with Crippen molar-refractivity contribution in [1.29, 1.82) is 0 Å². The SMILES string of the molecule is CC1CCCC(CCl)(Nc2ccc(Cl)cn2)C1. The van der Waals surface area contributed by atoms with E-state index in [4.69, 9.17) is 23.2 Å². The molecule has 0 aromatic carbocycles. The van der Waals surface area contributed by atoms with E-state index in [0.29, 0.717) is 10.9 Å². The second-order valence-electron chi connectivity index (χ2n) is 5.10. The van der Waals surface area contributed by atoms with E-state index in [1.165, 1.54) is 12.8 Å². The summed E-state index contributed by atoms with van der Waals surface area (Å²) in [5, 5.41) is 4.16. The minimum absolute atomic E-state index is 0.0000513. The smallest absolute Gasteiger partial charge is 0.126 e. The van der Waals surface area contributed by atoms with Crippen LogP contribution in [-0.4, -0.2) is 16.4 Å². The van der Waals surface area contributed by atoms with E-state index in [9.17, 15) is 0 Å². The maximum atomic E-state index is 6.17. The fourth-order valence-corrected chi connectivity index (χ4v) is 3.07. The van der Waals surface area contributed by atoms with Crippen LogP contribution < -0.4 is 5.32 Å². The normalized spacial score (nSPS) is 29.0. The quantitative estimate of drug-likeness (QED) is 0.829. The van der Waals surface area contributed by atoms with E-state index in [1.807, 2.05) is 12.1 Å². The van der Waals surface area contributed by atoms with Crippen molar-refractivity contribution in [1.82, 2.24) is 4.98 Å². The molecule has 1 aliphatic carbocycles. The number of rotatable bonds is 3. The number of hydrogen-bond acceptors (Lipinski definition) is 2. The largest absolute Gasteiger partial charge is 0.363 e. The number of hydrogen-bond donors (Lipinski definition) is 1. The van der Waals surface area contributed by atoms with Crippen molar-refractivity contribution in [2.45, 2.75) is 38.1 Å². The predicted molar refractivity (Wildman–Crippen MR) is 74.0 cm³/mol. The van der Waals surface area contributed by atoms with Crippen LogP contribution in [0.2, 0.25) is 5.02 Å². The molecule has 1 fully saturated rings. The van der Waals surface area contributed by atoms with Gasteiger partial charge >= 0.3 is 0 Å². The molecule has 2 atom stereocenters. The molecule has 1 aliphatic rings. The summed E-state index contributed by atoms with van der Waals surface area (Å²) < 4.78 is 0. The van der Waals surface area contributed by atoms with Crippen molar-refractivity contribution in [3.8, 4) is 0 Å². The molecular formula is C13H18Cl2N2. The first-order valence-electron chi connectivity index (χ1n) is 6.09. The highest BCUT2D eigenvalue weighted by Gasteiger charge is 2.34. The van der Waals surface area contributed by atoms with E-state index in [2.05, 4.69) is 17.2 Å². The standard InChI is InChI=1S/C13H18Cl2N2/c1-10-3-2-6-13(7-10,9-14)17-12-5-4-11(15)8-16-12/h4-5,8,10H,2-3,6-7,9H2,1H3,(H,16,17). The molecule has 94 valence electrons. The Morgan fingerprint density at radius 3 is 2.94 bits per heavy atom. The van der Waals surface area contributed by atoms with Crippen LogP contribution in [0.15, 0.2) is 18.3 Å². The van der Waals surface area contributed by atoms with Gasteiger partial charge in [-0.3, -0.25) is 0 Å². The van der Waals surface area contributed by atoms with Gasteiger partial charge in [0.05, 0.1) is 10.6 Å². The summed E-state index contributed by atoms with van der Waals surface area (Å²) in [6, 6.07) is 3.76. The Balaban J connectivity index is 2.10. The zero-order chi connectivity index (χ0) is 12.3. The molecule has 17 heavy (non-hydrogen) atoms. The van der Waals surface area contributed by atoms with Gasteiger partial charge in [0.1, 0.15) is 5.82 Å². The summed E-state index contributed by atoms with van der Waals surface area (Å²) in [5.41, 5.74) is 0.0000513. The van der Waals surface area contributed by atoms with Crippen molar-refractivity contribution in [3.05, 3.63) is 23.4 Å². The van der Waals surface area contributed by atoms with E-state index >= 15 is 0 Å². The molecule has 4 heteroatoms. The van der Waals surface area contributed by atoms with Gasteiger partial charge in [0.15, 0.2) is 0 Å². The molecule has 1 aromatic heterocycles. The molecule has 1 saturated carbocycles. The lowest BCUT2D eigenvalue weighted by molar-refractivity contribution is 0.279. The molecule has 2 nitrogen and oxygen atoms in total. The Bertz CT molecular complexity index is 366. The van der Waals surface area contributed by atoms with E-state index < -0.39 is 0 Å². The average Bonchev–Trinajstić information content (AvgIpc) is 2.32. The third-order valence-electron chi connectivity index (χ3n) is 3.47. The van der Waals surface area contributed by atoms with Crippen molar-refractivity contribution in [2.75, 3.05) is 11.2 Å². The zero-order valence-corrected chi connectivity index (χ0v) is 11.6. The molecule has 0 radical (unpaired) electrons. The number of aromatic nitrogens is 1. The highest BCUT2D eigenvalue weighted by atomic mass is 35.5. The maximum Gasteiger partial charge on any atom is 0.126 e. The van der Waals surface area contributed by atoms with E-state index in [0.717, 1.165) is 24.6 Å². The third kappa shape index (κ3) is 3.26. The van der Waals surface area contributed by atoms with Gasteiger partial charge < -0.3 is 5.32 Å². The fraction of sp³-hybridized carbons (Fsp3) is 0.615. The fourth-order valence-electron chi connectivity index (χ4n) is 2.65. The topological polar surface area (TPSA) is 24.9 Å². The van der Waals surface area contributed by atoms with Gasteiger partial charge in [-0.1, -0.05) is 31.4 Å². The molecular weight excluding hydrogens is 255 g/mol. The van der Waals surface area contributed by atoms with Gasteiger partial charge in [0.2, 0.25) is 0 Å². The lowest BCUT2D eigenvalue weighted by Crippen LogP contribution is -2.44. The predicted octanol–water partition coefficient (Wildman–Crippen LogP) is 4.33. The molecule has 0 bridgehead atoms. The molecule has 0 amide bonds. The Kier molecular flexibility index (Phi) is 4.16. The summed E-state index contributed by atoms with van der Waals surface area (Å²) in [4.78, 5) is 4.29. The minimum atomic E-state index is 0.0000513. The average molecular weight is 273 g/mol. The summed E-state index contributed by atoms with van der Waals surface area (Å²) in [6.45, 7) is 2.29. The van der Waals surface area contributed by atoms with Gasteiger partial charge in [-0.25, -0.2) is 4.98 Å². The molecule has 0 saturated heterocycles. The van der Waals surface area contributed by atoms with Crippen LogP contribution >= 0.6 is 23.2 Å². The minimum Gasteiger partial charge on any atom is -0.363 e. The van der Waals surface area contributed by atoms with Gasteiger partial charge in [-0.2, -0.15) is 0 Å². The number of nitrogens with zero attached hydrogens (tertiary/aromatic N) is 1. The lowest BCUT2D eigenvalue weighted by Gasteiger charge is -2.39. The highest BCUT2D eigenvalue weighted by Crippen LogP contribution is 2.35. The number of pyridine rings is 1. The summed E-state index contributed by atoms with van der Waals surface area (Å²) >= 11 is 12.0. The van der Waals surface area contributed by atoms with Crippen LogP contribution in [0.1, 0.15) is 32.6 Å². The second-order valence-corrected chi connectivity index (χ2v) is 5.81. The molecule has 1 heterocycles. The first-order valence-corrected chi connectivity index (χ1v) is 7.00. The maximum absolute atomic E-state index is 6.17. The van der Waals surface area contributed by atoms with E-state index in [-0.39, 0.29) is 5.54 Å². The lowest BCUT2D eigenvalue weighted by atomic mass is 9.77. The van der Waals surface area contributed by atoms with Crippen LogP contribution in [0.5, 0.6) is 0 Å². The molecule has 0 aliphatic heterocycles. The van der Waals surface area contributed by atoms with Crippen LogP contribution in [0.25, 0.3) is 0 Å². The number of alkyl halides is 1. The van der Waals surface area contributed by atoms with Crippen LogP contribution in [-0.2, 0) is 0 Å². The number of anilines is 1. The first-order chi connectivity index (χ1) is 8.13. The van der Waals surface area contributed by atoms with Gasteiger partial charge in [-0.05, 0) is 30.9 Å².